The van der Waals surface area contributed by atoms with E-state index < -0.39 is 0 Å². The second kappa shape index (κ2) is 4.92. The minimum absolute atomic E-state index is 0.132. The van der Waals surface area contributed by atoms with Crippen molar-refractivity contribution in [1.82, 2.24) is 4.98 Å². The van der Waals surface area contributed by atoms with Crippen LogP contribution in [0.5, 0.6) is 0 Å². The van der Waals surface area contributed by atoms with Crippen LogP contribution in [0.4, 0.5) is 10.1 Å². The monoisotopic (exact) mass is 280 g/mol. The summed E-state index contributed by atoms with van der Waals surface area (Å²) < 4.78 is 13.3. The summed E-state index contributed by atoms with van der Waals surface area (Å²) >= 11 is 0. The Labute approximate surface area is 123 Å². The van der Waals surface area contributed by atoms with Crippen molar-refractivity contribution in [2.75, 3.05) is 18.0 Å². The molecule has 1 aromatic heterocycles. The van der Waals surface area contributed by atoms with Gasteiger partial charge in [0.1, 0.15) is 5.82 Å². The number of aromatic amines is 1. The highest BCUT2D eigenvalue weighted by Gasteiger charge is 2.19. The first-order valence-corrected chi connectivity index (χ1v) is 7.39. The van der Waals surface area contributed by atoms with Crippen LogP contribution in [0, 0.1) is 5.82 Å². The number of nitrogens with zero attached hydrogens (tertiary/aromatic N) is 1. The van der Waals surface area contributed by atoms with E-state index >= 15 is 0 Å². The molecule has 3 aromatic rings. The van der Waals surface area contributed by atoms with Crippen molar-refractivity contribution in [3.05, 3.63) is 65.6 Å². The Morgan fingerprint density at radius 1 is 1.14 bits per heavy atom. The SMILES string of the molecule is Fc1ccc2c(c1)CCN2CCc1c[nH]c2ccccc12. The van der Waals surface area contributed by atoms with Crippen molar-refractivity contribution in [1.29, 1.82) is 0 Å². The third-order valence-corrected chi connectivity index (χ3v) is 4.36. The van der Waals surface area contributed by atoms with Crippen molar-refractivity contribution < 1.29 is 4.39 Å². The van der Waals surface area contributed by atoms with E-state index in [1.807, 2.05) is 12.1 Å². The molecule has 1 N–H and O–H groups in total. The quantitative estimate of drug-likeness (QED) is 0.770. The van der Waals surface area contributed by atoms with Gasteiger partial charge in [-0.05, 0) is 48.2 Å². The van der Waals surface area contributed by atoms with E-state index in [0.717, 1.165) is 31.5 Å². The summed E-state index contributed by atoms with van der Waals surface area (Å²) in [5.41, 5.74) is 4.86. The van der Waals surface area contributed by atoms with Gasteiger partial charge in [-0.2, -0.15) is 0 Å². The van der Waals surface area contributed by atoms with Crippen LogP contribution in [0.3, 0.4) is 0 Å². The lowest BCUT2D eigenvalue weighted by Gasteiger charge is -2.19. The zero-order valence-corrected chi connectivity index (χ0v) is 11.8. The Balaban J connectivity index is 1.54. The van der Waals surface area contributed by atoms with Crippen LogP contribution in [0.15, 0.2) is 48.7 Å². The molecular weight excluding hydrogens is 263 g/mol. The molecule has 2 aromatic carbocycles. The Morgan fingerprint density at radius 2 is 2.05 bits per heavy atom. The fraction of sp³-hybridized carbons (Fsp3) is 0.222. The van der Waals surface area contributed by atoms with Gasteiger partial charge in [-0.3, -0.25) is 0 Å². The largest absolute Gasteiger partial charge is 0.371 e. The van der Waals surface area contributed by atoms with Crippen LogP contribution in [0.1, 0.15) is 11.1 Å². The lowest BCUT2D eigenvalue weighted by Crippen LogP contribution is -2.23. The molecule has 0 amide bonds. The second-order valence-electron chi connectivity index (χ2n) is 5.62. The molecule has 0 atom stereocenters. The highest BCUT2D eigenvalue weighted by molar-refractivity contribution is 5.83. The van der Waals surface area contributed by atoms with Gasteiger partial charge >= 0.3 is 0 Å². The molecule has 3 heteroatoms. The van der Waals surface area contributed by atoms with E-state index in [9.17, 15) is 4.39 Å². The van der Waals surface area contributed by atoms with Gasteiger partial charge in [0.2, 0.25) is 0 Å². The molecule has 0 saturated carbocycles. The minimum Gasteiger partial charge on any atom is -0.371 e. The highest BCUT2D eigenvalue weighted by Crippen LogP contribution is 2.29. The Kier molecular flexibility index (Phi) is 2.92. The predicted octanol–water partition coefficient (Wildman–Crippen LogP) is 3.91. The molecule has 4 rings (SSSR count). The Hall–Kier alpha value is -2.29. The molecular formula is C18H17FN2. The van der Waals surface area contributed by atoms with Crippen LogP contribution < -0.4 is 4.90 Å². The van der Waals surface area contributed by atoms with Crippen LogP contribution in [-0.4, -0.2) is 18.1 Å². The average molecular weight is 280 g/mol. The van der Waals surface area contributed by atoms with Gasteiger partial charge in [-0.15, -0.1) is 0 Å². The molecule has 0 fully saturated rings. The molecule has 0 aliphatic carbocycles. The van der Waals surface area contributed by atoms with Gasteiger partial charge in [0.25, 0.3) is 0 Å². The maximum atomic E-state index is 13.3. The summed E-state index contributed by atoms with van der Waals surface area (Å²) in [4.78, 5) is 5.68. The minimum atomic E-state index is -0.132. The smallest absolute Gasteiger partial charge is 0.123 e. The zero-order chi connectivity index (χ0) is 14.2. The van der Waals surface area contributed by atoms with Gasteiger partial charge in [0, 0.05) is 35.9 Å². The number of rotatable bonds is 3. The maximum Gasteiger partial charge on any atom is 0.123 e. The summed E-state index contributed by atoms with van der Waals surface area (Å²) in [5.74, 6) is -0.132. The summed E-state index contributed by atoms with van der Waals surface area (Å²) in [6.07, 6.45) is 4.05. The summed E-state index contributed by atoms with van der Waals surface area (Å²) in [5, 5.41) is 1.30. The third kappa shape index (κ3) is 2.19. The Bertz CT molecular complexity index is 791. The number of hydrogen-bond donors (Lipinski definition) is 1. The highest BCUT2D eigenvalue weighted by atomic mass is 19.1. The van der Waals surface area contributed by atoms with Crippen LogP contribution >= 0.6 is 0 Å². The van der Waals surface area contributed by atoms with Crippen molar-refractivity contribution in [3.63, 3.8) is 0 Å². The number of para-hydroxylation sites is 1. The van der Waals surface area contributed by atoms with Crippen LogP contribution in [0.25, 0.3) is 10.9 Å². The lowest BCUT2D eigenvalue weighted by molar-refractivity contribution is 0.626. The van der Waals surface area contributed by atoms with E-state index in [1.165, 1.54) is 22.2 Å². The maximum absolute atomic E-state index is 13.3. The van der Waals surface area contributed by atoms with Crippen LogP contribution in [-0.2, 0) is 12.8 Å². The zero-order valence-electron chi connectivity index (χ0n) is 11.8. The molecule has 0 spiro atoms. The van der Waals surface area contributed by atoms with E-state index in [4.69, 9.17) is 0 Å². The predicted molar refractivity (Wildman–Crippen MR) is 84.3 cm³/mol. The number of nitrogens with one attached hydrogen (secondary N) is 1. The average Bonchev–Trinajstić information content (AvgIpc) is 3.08. The number of anilines is 1. The second-order valence-corrected chi connectivity index (χ2v) is 5.62. The summed E-state index contributed by atoms with van der Waals surface area (Å²) in [6.45, 7) is 1.96. The number of fused-ring (bicyclic) bond motifs is 2. The molecule has 2 nitrogen and oxygen atoms in total. The van der Waals surface area contributed by atoms with Gasteiger partial charge in [0.15, 0.2) is 0 Å². The first kappa shape index (κ1) is 12.5. The van der Waals surface area contributed by atoms with Crippen molar-refractivity contribution in [3.8, 4) is 0 Å². The van der Waals surface area contributed by atoms with Gasteiger partial charge < -0.3 is 9.88 Å². The number of hydrogen-bond acceptors (Lipinski definition) is 1. The molecule has 0 radical (unpaired) electrons. The molecule has 1 aliphatic heterocycles. The van der Waals surface area contributed by atoms with Crippen LogP contribution in [0.2, 0.25) is 0 Å². The summed E-state index contributed by atoms with van der Waals surface area (Å²) in [7, 11) is 0. The lowest BCUT2D eigenvalue weighted by atomic mass is 10.1. The molecule has 1 aliphatic rings. The van der Waals surface area contributed by atoms with Crippen molar-refractivity contribution in [2.45, 2.75) is 12.8 Å². The molecule has 21 heavy (non-hydrogen) atoms. The third-order valence-electron chi connectivity index (χ3n) is 4.36. The molecule has 0 saturated heterocycles. The van der Waals surface area contributed by atoms with E-state index in [2.05, 4.69) is 34.3 Å². The molecule has 0 unspecified atom stereocenters. The van der Waals surface area contributed by atoms with Gasteiger partial charge in [-0.25, -0.2) is 4.39 Å². The number of H-pyrrole nitrogens is 1. The van der Waals surface area contributed by atoms with E-state index in [-0.39, 0.29) is 5.82 Å². The molecule has 0 bridgehead atoms. The van der Waals surface area contributed by atoms with E-state index in [0.29, 0.717) is 0 Å². The first-order chi connectivity index (χ1) is 10.3. The number of aromatic nitrogens is 1. The molecule has 2 heterocycles. The van der Waals surface area contributed by atoms with Gasteiger partial charge in [-0.1, -0.05) is 18.2 Å². The van der Waals surface area contributed by atoms with E-state index in [1.54, 1.807) is 12.1 Å². The Morgan fingerprint density at radius 3 is 3.00 bits per heavy atom. The number of benzene rings is 2. The normalized spacial score (nSPS) is 13.9. The van der Waals surface area contributed by atoms with Crippen molar-refractivity contribution >= 4 is 16.6 Å². The first-order valence-electron chi connectivity index (χ1n) is 7.39. The van der Waals surface area contributed by atoms with Gasteiger partial charge in [0.05, 0.1) is 0 Å². The number of halogens is 1. The van der Waals surface area contributed by atoms with Crippen molar-refractivity contribution in [2.24, 2.45) is 0 Å². The fourth-order valence-electron chi connectivity index (χ4n) is 3.26. The molecule has 106 valence electrons. The topological polar surface area (TPSA) is 19.0 Å². The summed E-state index contributed by atoms with van der Waals surface area (Å²) in [6, 6.07) is 13.5. The fourth-order valence-corrected chi connectivity index (χ4v) is 3.26. The standard InChI is InChI=1S/C18H17FN2/c19-15-5-6-18-13(11-15)7-9-21(18)10-8-14-12-20-17-4-2-1-3-16(14)17/h1-6,11-12,20H,7-10H2.